The molecule has 1 atom stereocenters. The summed E-state index contributed by atoms with van der Waals surface area (Å²) < 4.78 is 38.0. The molecule has 7 heteroatoms. The Morgan fingerprint density at radius 1 is 1.48 bits per heavy atom. The van der Waals surface area contributed by atoms with Crippen LogP contribution >= 0.6 is 11.6 Å². The summed E-state index contributed by atoms with van der Waals surface area (Å²) in [5, 5.41) is 0. The van der Waals surface area contributed by atoms with Gasteiger partial charge in [0.05, 0.1) is 20.3 Å². The second kappa shape index (κ2) is 6.96. The SMILES string of the molecule is CCC1COCCN1S(=O)(=O)c1cc(CCl)ccc1OC. The van der Waals surface area contributed by atoms with Crippen LogP contribution in [0, 0.1) is 0 Å². The van der Waals surface area contributed by atoms with Crippen molar-refractivity contribution in [2.45, 2.75) is 30.2 Å². The molecule has 1 aliphatic rings. The van der Waals surface area contributed by atoms with Gasteiger partial charge < -0.3 is 9.47 Å². The first-order chi connectivity index (χ1) is 10.0. The molecule has 118 valence electrons. The number of sulfonamides is 1. The molecule has 0 radical (unpaired) electrons. The number of hydrogen-bond acceptors (Lipinski definition) is 4. The third kappa shape index (κ3) is 3.34. The predicted octanol–water partition coefficient (Wildman–Crippen LogP) is 2.23. The van der Waals surface area contributed by atoms with Crippen LogP contribution in [0.1, 0.15) is 18.9 Å². The van der Waals surface area contributed by atoms with Crippen molar-refractivity contribution in [2.24, 2.45) is 0 Å². The normalized spacial score (nSPS) is 20.4. The zero-order valence-electron chi connectivity index (χ0n) is 12.2. The fourth-order valence-corrected chi connectivity index (χ4v) is 4.45. The van der Waals surface area contributed by atoms with Crippen LogP contribution in [0.3, 0.4) is 0 Å². The highest BCUT2D eigenvalue weighted by Gasteiger charge is 2.35. The maximum Gasteiger partial charge on any atom is 0.247 e. The smallest absolute Gasteiger partial charge is 0.247 e. The molecule has 1 aliphatic heterocycles. The summed E-state index contributed by atoms with van der Waals surface area (Å²) in [5.41, 5.74) is 0.748. The number of ether oxygens (including phenoxy) is 2. The molecule has 0 bridgehead atoms. The predicted molar refractivity (Wildman–Crippen MR) is 81.3 cm³/mol. The lowest BCUT2D eigenvalue weighted by Crippen LogP contribution is -2.48. The Morgan fingerprint density at radius 3 is 2.86 bits per heavy atom. The number of hydrogen-bond donors (Lipinski definition) is 0. The van der Waals surface area contributed by atoms with Crippen LogP contribution in [0.4, 0.5) is 0 Å². The first-order valence-corrected chi connectivity index (χ1v) is 8.84. The zero-order valence-corrected chi connectivity index (χ0v) is 13.8. The molecule has 0 N–H and O–H groups in total. The Morgan fingerprint density at radius 2 is 2.24 bits per heavy atom. The van der Waals surface area contributed by atoms with Crippen LogP contribution < -0.4 is 4.74 Å². The van der Waals surface area contributed by atoms with E-state index in [-0.39, 0.29) is 16.8 Å². The van der Waals surface area contributed by atoms with E-state index in [1.165, 1.54) is 11.4 Å². The van der Waals surface area contributed by atoms with E-state index in [9.17, 15) is 8.42 Å². The van der Waals surface area contributed by atoms with Gasteiger partial charge in [-0.25, -0.2) is 8.42 Å². The number of halogens is 1. The summed E-state index contributed by atoms with van der Waals surface area (Å²) in [4.78, 5) is 0.170. The third-order valence-corrected chi connectivity index (χ3v) is 5.90. The van der Waals surface area contributed by atoms with E-state index in [2.05, 4.69) is 0 Å². The highest BCUT2D eigenvalue weighted by Crippen LogP contribution is 2.30. The van der Waals surface area contributed by atoms with Crippen LogP contribution in [-0.2, 0) is 20.6 Å². The second-order valence-electron chi connectivity index (χ2n) is 4.87. The number of alkyl halides is 1. The maximum absolute atomic E-state index is 13.0. The van der Waals surface area contributed by atoms with E-state index in [0.29, 0.717) is 31.9 Å². The summed E-state index contributed by atoms with van der Waals surface area (Å²) in [6, 6.07) is 4.85. The molecule has 21 heavy (non-hydrogen) atoms. The second-order valence-corrected chi connectivity index (χ2v) is 7.00. The van der Waals surface area contributed by atoms with Crippen molar-refractivity contribution in [2.75, 3.05) is 26.9 Å². The van der Waals surface area contributed by atoms with Crippen molar-refractivity contribution in [1.82, 2.24) is 4.31 Å². The van der Waals surface area contributed by atoms with E-state index in [1.807, 2.05) is 6.92 Å². The number of benzene rings is 1. The number of methoxy groups -OCH3 is 1. The van der Waals surface area contributed by atoms with Gasteiger partial charge in [0.2, 0.25) is 10.0 Å². The monoisotopic (exact) mass is 333 g/mol. The Hall–Kier alpha value is -0.820. The Balaban J connectivity index is 2.47. The summed E-state index contributed by atoms with van der Waals surface area (Å²) >= 11 is 5.82. The van der Waals surface area contributed by atoms with Gasteiger partial charge in [-0.3, -0.25) is 0 Å². The number of rotatable bonds is 5. The molecule has 0 amide bonds. The standard InChI is InChI=1S/C14H20ClNO4S/c1-3-12-10-20-7-6-16(12)21(17,18)14-8-11(9-15)4-5-13(14)19-2/h4-5,8,12H,3,6-7,9-10H2,1-2H3. The third-order valence-electron chi connectivity index (χ3n) is 3.61. The Bertz CT molecular complexity index is 591. The molecule has 0 spiro atoms. The van der Waals surface area contributed by atoms with E-state index >= 15 is 0 Å². The van der Waals surface area contributed by atoms with Gasteiger partial charge >= 0.3 is 0 Å². The summed E-state index contributed by atoms with van der Waals surface area (Å²) in [7, 11) is -2.17. The van der Waals surface area contributed by atoms with Crippen LogP contribution in [0.2, 0.25) is 0 Å². The van der Waals surface area contributed by atoms with Crippen LogP contribution in [0.15, 0.2) is 23.1 Å². The first kappa shape index (κ1) is 16.5. The highest BCUT2D eigenvalue weighted by molar-refractivity contribution is 7.89. The molecular weight excluding hydrogens is 314 g/mol. The molecule has 0 aliphatic carbocycles. The van der Waals surface area contributed by atoms with Gasteiger partial charge in [0, 0.05) is 18.5 Å². The minimum absolute atomic E-state index is 0.145. The Kier molecular flexibility index (Phi) is 5.48. The summed E-state index contributed by atoms with van der Waals surface area (Å²) in [5.74, 6) is 0.595. The molecule has 2 rings (SSSR count). The number of nitrogens with zero attached hydrogens (tertiary/aromatic N) is 1. The molecule has 0 aromatic heterocycles. The van der Waals surface area contributed by atoms with Gasteiger partial charge in [0.1, 0.15) is 10.6 Å². The minimum atomic E-state index is -3.63. The molecule has 1 saturated heterocycles. The first-order valence-electron chi connectivity index (χ1n) is 6.87. The van der Waals surface area contributed by atoms with Crippen LogP contribution in [0.5, 0.6) is 5.75 Å². The summed E-state index contributed by atoms with van der Waals surface area (Å²) in [6.07, 6.45) is 0.705. The molecule has 0 saturated carbocycles. The van der Waals surface area contributed by atoms with E-state index in [1.54, 1.807) is 18.2 Å². The quantitative estimate of drug-likeness (QED) is 0.775. The van der Waals surface area contributed by atoms with Crippen LogP contribution in [-0.4, -0.2) is 45.6 Å². The lowest BCUT2D eigenvalue weighted by molar-refractivity contribution is 0.0313. The van der Waals surface area contributed by atoms with Gasteiger partial charge in [0.25, 0.3) is 0 Å². The van der Waals surface area contributed by atoms with E-state index in [4.69, 9.17) is 21.1 Å². The van der Waals surface area contributed by atoms with Crippen molar-refractivity contribution >= 4 is 21.6 Å². The molecule has 1 unspecified atom stereocenters. The van der Waals surface area contributed by atoms with E-state index < -0.39 is 10.0 Å². The molecule has 5 nitrogen and oxygen atoms in total. The van der Waals surface area contributed by atoms with Gasteiger partial charge in [-0.2, -0.15) is 4.31 Å². The van der Waals surface area contributed by atoms with Crippen molar-refractivity contribution < 1.29 is 17.9 Å². The van der Waals surface area contributed by atoms with Gasteiger partial charge in [-0.15, -0.1) is 11.6 Å². The largest absolute Gasteiger partial charge is 0.495 e. The minimum Gasteiger partial charge on any atom is -0.495 e. The van der Waals surface area contributed by atoms with Gasteiger partial charge in [-0.1, -0.05) is 13.0 Å². The Labute approximate surface area is 130 Å². The highest BCUT2D eigenvalue weighted by atomic mass is 35.5. The lowest BCUT2D eigenvalue weighted by atomic mass is 10.2. The molecule has 1 fully saturated rings. The molecule has 1 heterocycles. The van der Waals surface area contributed by atoms with E-state index in [0.717, 1.165) is 5.56 Å². The lowest BCUT2D eigenvalue weighted by Gasteiger charge is -2.34. The molecular formula is C14H20ClNO4S. The fourth-order valence-electron chi connectivity index (χ4n) is 2.41. The van der Waals surface area contributed by atoms with Crippen molar-refractivity contribution in [3.63, 3.8) is 0 Å². The number of morpholine rings is 1. The molecule has 1 aromatic rings. The van der Waals surface area contributed by atoms with Crippen molar-refractivity contribution in [3.8, 4) is 5.75 Å². The summed E-state index contributed by atoms with van der Waals surface area (Å²) in [6.45, 7) is 3.14. The van der Waals surface area contributed by atoms with Crippen molar-refractivity contribution in [1.29, 1.82) is 0 Å². The van der Waals surface area contributed by atoms with Gasteiger partial charge in [-0.05, 0) is 24.1 Å². The van der Waals surface area contributed by atoms with Crippen molar-refractivity contribution in [3.05, 3.63) is 23.8 Å². The van der Waals surface area contributed by atoms with Gasteiger partial charge in [0.15, 0.2) is 0 Å². The zero-order chi connectivity index (χ0) is 15.5. The topological polar surface area (TPSA) is 55.8 Å². The fraction of sp³-hybridized carbons (Fsp3) is 0.571. The average molecular weight is 334 g/mol. The van der Waals surface area contributed by atoms with Crippen LogP contribution in [0.25, 0.3) is 0 Å². The maximum atomic E-state index is 13.0. The molecule has 1 aromatic carbocycles. The average Bonchev–Trinajstić information content (AvgIpc) is 2.54.